The van der Waals surface area contributed by atoms with Crippen molar-refractivity contribution in [2.24, 2.45) is 0 Å². The Bertz CT molecular complexity index is 311. The van der Waals surface area contributed by atoms with Crippen molar-refractivity contribution < 1.29 is 23.9 Å². The molecule has 0 saturated carbocycles. The van der Waals surface area contributed by atoms with E-state index < -0.39 is 30.3 Å². The van der Waals surface area contributed by atoms with Gasteiger partial charge in [-0.2, -0.15) is 12.6 Å². The lowest BCUT2D eigenvalue weighted by Gasteiger charge is -2.11. The third kappa shape index (κ3) is 3.05. The van der Waals surface area contributed by atoms with Crippen molar-refractivity contribution in [1.82, 2.24) is 4.90 Å². The van der Waals surface area contributed by atoms with Crippen LogP contribution >= 0.6 is 12.6 Å². The van der Waals surface area contributed by atoms with Crippen molar-refractivity contribution in [2.45, 2.75) is 12.8 Å². The normalized spacial score (nSPS) is 15.7. The summed E-state index contributed by atoms with van der Waals surface area (Å²) in [7, 11) is 0. The molecule has 82 valence electrons. The number of hydrogen-bond acceptors (Lipinski definition) is 6. The van der Waals surface area contributed by atoms with E-state index in [2.05, 4.69) is 17.4 Å². The van der Waals surface area contributed by atoms with Crippen LogP contribution < -0.4 is 0 Å². The molecular weight excluding hydrogens is 222 g/mol. The van der Waals surface area contributed by atoms with Gasteiger partial charge in [0.25, 0.3) is 0 Å². The number of amides is 2. The molecule has 0 radical (unpaired) electrons. The highest BCUT2D eigenvalue weighted by Crippen LogP contribution is 2.11. The summed E-state index contributed by atoms with van der Waals surface area (Å²) in [5.74, 6) is -2.79. The maximum atomic E-state index is 11.1. The monoisotopic (exact) mass is 231 g/mol. The Hall–Kier alpha value is -1.37. The second-order valence-electron chi connectivity index (χ2n) is 2.88. The number of carbonyl (C=O) groups is 4. The van der Waals surface area contributed by atoms with E-state index in [1.807, 2.05) is 0 Å². The van der Waals surface area contributed by atoms with E-state index in [9.17, 15) is 19.2 Å². The number of likely N-dealkylation sites (tertiary alicyclic amines) is 1. The molecule has 1 heterocycles. The van der Waals surface area contributed by atoms with E-state index >= 15 is 0 Å². The lowest BCUT2D eigenvalue weighted by Crippen LogP contribution is -2.36. The molecule has 1 aliphatic heterocycles. The maximum Gasteiger partial charge on any atom is 0.333 e. The smallest absolute Gasteiger partial charge is 0.333 e. The molecule has 1 rings (SSSR count). The molecule has 0 spiro atoms. The molecule has 0 N–H and O–H groups in total. The van der Waals surface area contributed by atoms with Gasteiger partial charge in [0.15, 0.2) is 0 Å². The van der Waals surface area contributed by atoms with Crippen LogP contribution in [0.4, 0.5) is 0 Å². The van der Waals surface area contributed by atoms with Crippen molar-refractivity contribution in [3.05, 3.63) is 0 Å². The number of rotatable bonds is 3. The van der Waals surface area contributed by atoms with Crippen LogP contribution in [0, 0.1) is 0 Å². The molecule has 0 unspecified atom stereocenters. The Kier molecular flexibility index (Phi) is 3.84. The third-order valence-electron chi connectivity index (χ3n) is 1.80. The molecule has 0 atom stereocenters. The molecule has 0 aliphatic carbocycles. The summed E-state index contributed by atoms with van der Waals surface area (Å²) in [6.45, 7) is -0.503. The van der Waals surface area contributed by atoms with Gasteiger partial charge in [-0.1, -0.05) is 0 Å². The lowest BCUT2D eigenvalue weighted by atomic mass is 10.4. The third-order valence-corrected chi connectivity index (χ3v) is 2.06. The first-order valence-electron chi connectivity index (χ1n) is 4.22. The summed E-state index contributed by atoms with van der Waals surface area (Å²) in [6.07, 6.45) is 0.208. The summed E-state index contributed by atoms with van der Waals surface area (Å²) in [5.41, 5.74) is 0. The highest BCUT2D eigenvalue weighted by molar-refractivity contribution is 7.81. The minimum Gasteiger partial charge on any atom is -0.391 e. The summed E-state index contributed by atoms with van der Waals surface area (Å²) < 4.78 is 4.26. The molecule has 0 aromatic rings. The predicted octanol–water partition coefficient (Wildman–Crippen LogP) is -0.865. The van der Waals surface area contributed by atoms with Gasteiger partial charge < -0.3 is 4.74 Å². The Labute approximate surface area is 91.0 Å². The van der Waals surface area contributed by atoms with E-state index in [1.165, 1.54) is 0 Å². The first-order valence-corrected chi connectivity index (χ1v) is 4.85. The fourth-order valence-electron chi connectivity index (χ4n) is 1.12. The number of thiol groups is 1. The van der Waals surface area contributed by atoms with Gasteiger partial charge in [-0.3, -0.25) is 19.3 Å². The van der Waals surface area contributed by atoms with Crippen molar-refractivity contribution in [2.75, 3.05) is 12.3 Å². The van der Waals surface area contributed by atoms with Crippen LogP contribution in [0.25, 0.3) is 0 Å². The average Bonchev–Trinajstić information content (AvgIpc) is 2.49. The van der Waals surface area contributed by atoms with E-state index in [1.54, 1.807) is 0 Å². The molecule has 0 aromatic heterocycles. The van der Waals surface area contributed by atoms with Gasteiger partial charge in [0, 0.05) is 12.8 Å². The molecule has 2 amide bonds. The minimum absolute atomic E-state index is 0.104. The minimum atomic E-state index is -0.919. The predicted molar refractivity (Wildman–Crippen MR) is 50.9 cm³/mol. The largest absolute Gasteiger partial charge is 0.391 e. The van der Waals surface area contributed by atoms with Crippen LogP contribution in [0.3, 0.4) is 0 Å². The topological polar surface area (TPSA) is 80.8 Å². The second kappa shape index (κ2) is 4.92. The van der Waals surface area contributed by atoms with Gasteiger partial charge >= 0.3 is 11.9 Å². The maximum absolute atomic E-state index is 11.1. The van der Waals surface area contributed by atoms with Crippen molar-refractivity contribution >= 4 is 36.4 Å². The van der Waals surface area contributed by atoms with Gasteiger partial charge in [-0.05, 0) is 0 Å². The molecule has 7 heteroatoms. The molecule has 1 saturated heterocycles. The van der Waals surface area contributed by atoms with E-state index in [0.717, 1.165) is 4.90 Å². The molecule has 0 aromatic carbocycles. The zero-order valence-corrected chi connectivity index (χ0v) is 8.66. The second-order valence-corrected chi connectivity index (χ2v) is 3.19. The number of carbonyl (C=O) groups excluding carboxylic acids is 4. The van der Waals surface area contributed by atoms with Crippen LogP contribution in [0.5, 0.6) is 0 Å². The number of esters is 2. The van der Waals surface area contributed by atoms with Crippen LogP contribution in [0.1, 0.15) is 12.8 Å². The Morgan fingerprint density at radius 2 is 1.73 bits per heavy atom. The van der Waals surface area contributed by atoms with Crippen LogP contribution in [-0.4, -0.2) is 41.0 Å². The average molecular weight is 231 g/mol. The number of imide groups is 1. The van der Waals surface area contributed by atoms with Gasteiger partial charge in [0.1, 0.15) is 6.54 Å². The number of nitrogens with zero attached hydrogens (tertiary/aromatic N) is 1. The summed E-state index contributed by atoms with van der Waals surface area (Å²) >= 11 is 3.60. The highest BCUT2D eigenvalue weighted by Gasteiger charge is 2.31. The van der Waals surface area contributed by atoms with E-state index in [4.69, 9.17) is 0 Å². The molecule has 1 fully saturated rings. The van der Waals surface area contributed by atoms with Gasteiger partial charge in [-0.15, -0.1) is 0 Å². The highest BCUT2D eigenvalue weighted by atomic mass is 32.1. The molecular formula is C8H9NO5S. The fraction of sp³-hybridized carbons (Fsp3) is 0.500. The molecule has 6 nitrogen and oxygen atoms in total. The van der Waals surface area contributed by atoms with Crippen LogP contribution in [0.2, 0.25) is 0 Å². The summed E-state index contributed by atoms with van der Waals surface area (Å²) in [4.78, 5) is 44.6. The molecule has 0 bridgehead atoms. The Morgan fingerprint density at radius 1 is 1.20 bits per heavy atom. The Balaban J connectivity index is 2.47. The van der Waals surface area contributed by atoms with Crippen LogP contribution in [0.15, 0.2) is 0 Å². The SMILES string of the molecule is O=C(CS)OC(=O)CN1C(=O)CCC1=O. The number of ether oxygens (including phenoxy) is 1. The summed E-state index contributed by atoms with van der Waals surface area (Å²) in [5, 5.41) is 0. The van der Waals surface area contributed by atoms with Crippen molar-refractivity contribution in [1.29, 1.82) is 0 Å². The molecule has 15 heavy (non-hydrogen) atoms. The van der Waals surface area contributed by atoms with Crippen molar-refractivity contribution in [3.8, 4) is 0 Å². The van der Waals surface area contributed by atoms with Gasteiger partial charge in [0.05, 0.1) is 5.75 Å². The fourth-order valence-corrected chi connectivity index (χ4v) is 1.18. The standard InChI is InChI=1S/C8H9NO5S/c10-5-1-2-6(11)9(5)3-7(12)14-8(13)4-15/h15H,1-4H2. The first kappa shape index (κ1) is 11.7. The quantitative estimate of drug-likeness (QED) is 0.296. The first-order chi connectivity index (χ1) is 7.04. The number of hydrogen-bond donors (Lipinski definition) is 1. The Morgan fingerprint density at radius 3 is 2.20 bits per heavy atom. The lowest BCUT2D eigenvalue weighted by molar-refractivity contribution is -0.161. The van der Waals surface area contributed by atoms with Gasteiger partial charge in [-0.25, -0.2) is 4.79 Å². The van der Waals surface area contributed by atoms with E-state index in [-0.39, 0.29) is 18.6 Å². The zero-order chi connectivity index (χ0) is 11.4. The van der Waals surface area contributed by atoms with Gasteiger partial charge in [0.2, 0.25) is 11.8 Å². The van der Waals surface area contributed by atoms with Crippen LogP contribution in [-0.2, 0) is 23.9 Å². The molecule has 1 aliphatic rings. The van der Waals surface area contributed by atoms with E-state index in [0.29, 0.717) is 0 Å². The zero-order valence-electron chi connectivity index (χ0n) is 7.76. The summed E-state index contributed by atoms with van der Waals surface area (Å²) in [6, 6.07) is 0. The van der Waals surface area contributed by atoms with Crippen molar-refractivity contribution in [3.63, 3.8) is 0 Å².